The van der Waals surface area contributed by atoms with E-state index in [4.69, 9.17) is 23.2 Å². The van der Waals surface area contributed by atoms with Crippen LogP contribution in [-0.2, 0) is 10.0 Å². The predicted molar refractivity (Wildman–Crippen MR) is 79.5 cm³/mol. The Morgan fingerprint density at radius 1 is 1.30 bits per heavy atom. The van der Waals surface area contributed by atoms with Crippen molar-refractivity contribution >= 4 is 39.0 Å². The normalized spacial score (nSPS) is 12.0. The number of aromatic nitrogens is 4. The van der Waals surface area contributed by atoms with Crippen LogP contribution in [0.15, 0.2) is 10.9 Å². The molecular formula is C10H8Cl2F2N5O3S-. The number of rotatable bonds is 4. The van der Waals surface area contributed by atoms with E-state index in [1.165, 1.54) is 6.92 Å². The largest absolute Gasteiger partial charge is 0.417 e. The Bertz CT molecular complexity index is 925. The summed E-state index contributed by atoms with van der Waals surface area (Å²) in [5.41, 5.74) is -1.19. The van der Waals surface area contributed by atoms with Gasteiger partial charge in [0.15, 0.2) is 10.0 Å². The molecule has 0 amide bonds. The molecule has 0 saturated carbocycles. The van der Waals surface area contributed by atoms with Crippen molar-refractivity contribution in [3.63, 3.8) is 0 Å². The third kappa shape index (κ3) is 3.62. The average Bonchev–Trinajstić information content (AvgIpc) is 2.66. The van der Waals surface area contributed by atoms with E-state index in [2.05, 4.69) is 14.8 Å². The lowest BCUT2D eigenvalue weighted by Gasteiger charge is -2.18. The molecule has 8 nitrogen and oxygen atoms in total. The molecule has 126 valence electrons. The molecule has 2 rings (SSSR count). The Morgan fingerprint density at radius 3 is 2.39 bits per heavy atom. The highest BCUT2D eigenvalue weighted by molar-refractivity contribution is 7.93. The zero-order valence-corrected chi connectivity index (χ0v) is 13.9. The molecule has 23 heavy (non-hydrogen) atoms. The summed E-state index contributed by atoms with van der Waals surface area (Å²) >= 11 is 11.7. The lowest BCUT2D eigenvalue weighted by atomic mass is 10.4. The molecule has 2 heterocycles. The van der Waals surface area contributed by atoms with E-state index in [1.807, 2.05) is 0 Å². The maximum Gasteiger partial charge on any atom is 0.354 e. The van der Waals surface area contributed by atoms with Gasteiger partial charge in [-0.2, -0.15) is 18.6 Å². The summed E-state index contributed by atoms with van der Waals surface area (Å²) in [5, 5.41) is 3.25. The zero-order valence-electron chi connectivity index (χ0n) is 11.5. The van der Waals surface area contributed by atoms with Gasteiger partial charge in [-0.1, -0.05) is 23.2 Å². The Hall–Kier alpha value is -1.72. The van der Waals surface area contributed by atoms with E-state index in [0.29, 0.717) is 4.68 Å². The molecule has 0 spiro atoms. The number of aryl methyl sites for hydroxylation is 1. The molecule has 13 heteroatoms. The summed E-state index contributed by atoms with van der Waals surface area (Å²) in [6, 6.07) is 1.08. The van der Waals surface area contributed by atoms with Crippen molar-refractivity contribution in [3.8, 4) is 5.82 Å². The molecule has 0 aliphatic heterocycles. The third-order valence-electron chi connectivity index (χ3n) is 2.52. The maximum atomic E-state index is 12.8. The van der Waals surface area contributed by atoms with E-state index in [-0.39, 0.29) is 26.3 Å². The zero-order chi connectivity index (χ0) is 17.5. The standard InChI is InChI=1S/C10H8Cl2F2N5O3S/c1-4-16-19(10(20)18(4)9(13)14)8-6(12)3-5(11)7(15-8)17-23(2,21)22/h3,9H,1-2H3/q-1. The van der Waals surface area contributed by atoms with Gasteiger partial charge >= 0.3 is 12.2 Å². The number of pyridine rings is 1. The van der Waals surface area contributed by atoms with Crippen LogP contribution in [0.2, 0.25) is 10.0 Å². The Balaban J connectivity index is 2.68. The first-order valence-corrected chi connectivity index (χ1v) is 8.37. The van der Waals surface area contributed by atoms with Gasteiger partial charge in [0.05, 0.1) is 10.8 Å². The van der Waals surface area contributed by atoms with Gasteiger partial charge in [0.1, 0.15) is 5.82 Å². The van der Waals surface area contributed by atoms with Gasteiger partial charge in [-0.05, 0) is 18.8 Å². The van der Waals surface area contributed by atoms with Gasteiger partial charge in [0, 0.05) is 11.3 Å². The second-order valence-electron chi connectivity index (χ2n) is 4.31. The highest BCUT2D eigenvalue weighted by Gasteiger charge is 2.19. The van der Waals surface area contributed by atoms with Gasteiger partial charge in [0.25, 0.3) is 0 Å². The lowest BCUT2D eigenvalue weighted by molar-refractivity contribution is 0.0640. The first-order valence-electron chi connectivity index (χ1n) is 5.77. The van der Waals surface area contributed by atoms with E-state index < -0.39 is 28.1 Å². The third-order valence-corrected chi connectivity index (χ3v) is 3.58. The molecule has 0 atom stereocenters. The fraction of sp³-hybridized carbons (Fsp3) is 0.300. The smallest absolute Gasteiger partial charge is 0.354 e. The van der Waals surface area contributed by atoms with Crippen LogP contribution >= 0.6 is 23.2 Å². The maximum absolute atomic E-state index is 12.8. The topological polar surface area (TPSA) is 101 Å². The number of sulfonamides is 1. The monoisotopic (exact) mass is 386 g/mol. The van der Waals surface area contributed by atoms with Crippen LogP contribution in [-0.4, -0.2) is 34.0 Å². The number of nitrogens with zero attached hydrogens (tertiary/aromatic N) is 5. The van der Waals surface area contributed by atoms with Crippen LogP contribution in [0, 0.1) is 6.92 Å². The molecule has 0 unspecified atom stereocenters. The van der Waals surface area contributed by atoms with Crippen LogP contribution in [0.4, 0.5) is 14.6 Å². The second kappa shape index (κ2) is 6.06. The first kappa shape index (κ1) is 17.6. The summed E-state index contributed by atoms with van der Waals surface area (Å²) in [7, 11) is -3.84. The lowest BCUT2D eigenvalue weighted by Crippen LogP contribution is -2.25. The molecule has 0 fully saturated rings. The Labute approximate surface area is 138 Å². The van der Waals surface area contributed by atoms with Crippen LogP contribution < -0.4 is 5.69 Å². The van der Waals surface area contributed by atoms with Crippen LogP contribution in [0.3, 0.4) is 0 Å². The second-order valence-corrected chi connectivity index (χ2v) is 6.78. The summed E-state index contributed by atoms with van der Waals surface area (Å²) in [6.45, 7) is -1.92. The van der Waals surface area contributed by atoms with Crippen molar-refractivity contribution in [2.45, 2.75) is 13.5 Å². The van der Waals surface area contributed by atoms with Crippen LogP contribution in [0.5, 0.6) is 0 Å². The Kier molecular flexibility index (Phi) is 4.64. The van der Waals surface area contributed by atoms with Crippen molar-refractivity contribution in [3.05, 3.63) is 37.1 Å². The predicted octanol–water partition coefficient (Wildman–Crippen LogP) is 2.40. The van der Waals surface area contributed by atoms with Gasteiger partial charge in [-0.15, -0.1) is 0 Å². The van der Waals surface area contributed by atoms with E-state index in [9.17, 15) is 22.0 Å². The Morgan fingerprint density at radius 2 is 1.91 bits per heavy atom. The number of hydrogen-bond donors (Lipinski definition) is 0. The van der Waals surface area contributed by atoms with Gasteiger partial charge < -0.3 is 9.71 Å². The molecule has 2 aromatic heterocycles. The minimum Gasteiger partial charge on any atom is -0.417 e. The minimum absolute atomic E-state index is 0.125. The fourth-order valence-corrected chi connectivity index (χ4v) is 2.64. The van der Waals surface area contributed by atoms with Crippen LogP contribution in [0.1, 0.15) is 12.4 Å². The molecule has 0 aliphatic carbocycles. The van der Waals surface area contributed by atoms with Gasteiger partial charge in [0.2, 0.25) is 0 Å². The number of alkyl halides is 2. The molecule has 0 aromatic carbocycles. The minimum atomic E-state index is -3.84. The highest BCUT2D eigenvalue weighted by Crippen LogP contribution is 2.33. The summed E-state index contributed by atoms with van der Waals surface area (Å²) in [6.07, 6.45) is 0.807. The van der Waals surface area contributed by atoms with E-state index >= 15 is 0 Å². The van der Waals surface area contributed by atoms with Crippen molar-refractivity contribution in [1.29, 1.82) is 0 Å². The average molecular weight is 387 g/mol. The number of halogens is 4. The van der Waals surface area contributed by atoms with Crippen molar-refractivity contribution in [1.82, 2.24) is 19.3 Å². The highest BCUT2D eigenvalue weighted by atomic mass is 35.5. The molecule has 0 saturated heterocycles. The molecule has 2 aromatic rings. The van der Waals surface area contributed by atoms with E-state index in [0.717, 1.165) is 12.3 Å². The van der Waals surface area contributed by atoms with Gasteiger partial charge in [-0.3, -0.25) is 0 Å². The fourth-order valence-electron chi connectivity index (χ4n) is 1.66. The first-order chi connectivity index (χ1) is 10.5. The van der Waals surface area contributed by atoms with E-state index in [1.54, 1.807) is 0 Å². The van der Waals surface area contributed by atoms with Crippen LogP contribution in [0.25, 0.3) is 10.5 Å². The molecule has 0 bridgehead atoms. The van der Waals surface area contributed by atoms with Crippen molar-refractivity contribution < 1.29 is 17.2 Å². The van der Waals surface area contributed by atoms with Crippen molar-refractivity contribution in [2.24, 2.45) is 0 Å². The van der Waals surface area contributed by atoms with Gasteiger partial charge in [-0.25, -0.2) is 17.8 Å². The summed E-state index contributed by atoms with van der Waals surface area (Å²) < 4.78 is 52.0. The quantitative estimate of drug-likeness (QED) is 0.802. The van der Waals surface area contributed by atoms with Crippen molar-refractivity contribution in [2.75, 3.05) is 6.26 Å². The molecule has 0 N–H and O–H groups in total. The SMILES string of the molecule is Cc1nn(-c2nc([N-]S(C)(=O)=O)c(Cl)cc2Cl)c(=O)n1C(F)F. The summed E-state index contributed by atoms with van der Waals surface area (Å²) in [5.74, 6) is -1.09. The molecule has 0 radical (unpaired) electrons. The molecular weight excluding hydrogens is 379 g/mol. The number of hydrogen-bond acceptors (Lipinski definition) is 5. The molecule has 0 aliphatic rings. The summed E-state index contributed by atoms with van der Waals surface area (Å²) in [4.78, 5) is 15.7.